The summed E-state index contributed by atoms with van der Waals surface area (Å²) >= 11 is 0. The summed E-state index contributed by atoms with van der Waals surface area (Å²) in [4.78, 5) is 11.9. The van der Waals surface area contributed by atoms with E-state index in [4.69, 9.17) is 0 Å². The maximum absolute atomic E-state index is 11.9. The second-order valence-electron chi connectivity index (χ2n) is 14.6. The number of rotatable bonds is 9. The molecular weight excluding hydrogens is 428 g/mol. The van der Waals surface area contributed by atoms with Crippen LogP contribution in [0.15, 0.2) is 0 Å². The highest BCUT2D eigenvalue weighted by atomic mass is 16.3. The average Bonchev–Trinajstić information content (AvgIpc) is 3.40. The number of carbonyl (C=O) groups is 1. The highest BCUT2D eigenvalue weighted by Crippen LogP contribution is 2.48. The van der Waals surface area contributed by atoms with Crippen LogP contribution in [0.2, 0.25) is 0 Å². The topological polar surface area (TPSA) is 37.3 Å². The van der Waals surface area contributed by atoms with E-state index in [0.717, 1.165) is 42.4 Å². The lowest BCUT2D eigenvalue weighted by Crippen LogP contribution is -2.30. The number of ketones is 1. The van der Waals surface area contributed by atoms with Crippen LogP contribution in [-0.4, -0.2) is 17.0 Å². The molecule has 0 radical (unpaired) electrons. The molecule has 0 heterocycles. The average molecular weight is 489 g/mol. The van der Waals surface area contributed by atoms with Crippen LogP contribution in [-0.2, 0) is 4.79 Å². The summed E-state index contributed by atoms with van der Waals surface area (Å²) in [6.45, 7) is 11.6. The highest BCUT2D eigenvalue weighted by molar-refractivity contribution is 5.82. The van der Waals surface area contributed by atoms with Gasteiger partial charge in [0, 0.05) is 12.3 Å². The first-order valence-electron chi connectivity index (χ1n) is 15.9. The van der Waals surface area contributed by atoms with Crippen LogP contribution in [0.25, 0.3) is 0 Å². The molecule has 0 aliphatic heterocycles. The Morgan fingerprint density at radius 1 is 0.771 bits per heavy atom. The molecule has 0 bridgehead atoms. The number of aliphatic hydroxyl groups excluding tert-OH is 1. The van der Waals surface area contributed by atoms with E-state index in [2.05, 4.69) is 34.6 Å². The fraction of sp³-hybridized carbons (Fsp3) is 0.970. The zero-order valence-electron chi connectivity index (χ0n) is 24.2. The molecular formula is C33H60O2. The molecule has 4 saturated carbocycles. The number of unbranched alkanes of at least 4 members (excludes halogenated alkanes) is 2. The van der Waals surface area contributed by atoms with Crippen molar-refractivity contribution in [2.45, 2.75) is 156 Å². The smallest absolute Gasteiger partial charge is 0.136 e. The first-order chi connectivity index (χ1) is 16.7. The summed E-state index contributed by atoms with van der Waals surface area (Å²) in [5.74, 6) is 6.04. The summed E-state index contributed by atoms with van der Waals surface area (Å²) < 4.78 is 0. The standard InChI is InChI=1S/C17H30O.C16H30O/c1-17(2,3)12-5-4-7-13-10-11-15-14(13)8-6-9-16(15)18;1-12(2)6-3-4-7-13-10-11-15-14(13)8-5-9-16(15)17/h13-15H,4-12H2,1-3H3;12-17H,3-11H2,1-2H3/t13-,14+,15+;13-,14+,15+,16-/m00/s1. The summed E-state index contributed by atoms with van der Waals surface area (Å²) in [5, 5.41) is 10.0. The lowest BCUT2D eigenvalue weighted by atomic mass is 9.75. The molecule has 2 nitrogen and oxygen atoms in total. The Balaban J connectivity index is 0.000000196. The molecule has 4 rings (SSSR count). The zero-order chi connectivity index (χ0) is 25.4. The van der Waals surface area contributed by atoms with Crippen molar-refractivity contribution in [2.24, 2.45) is 46.8 Å². The third-order valence-electron chi connectivity index (χ3n) is 10.3. The van der Waals surface area contributed by atoms with Crippen molar-refractivity contribution in [3.63, 3.8) is 0 Å². The van der Waals surface area contributed by atoms with E-state index in [0.29, 0.717) is 23.0 Å². The van der Waals surface area contributed by atoms with E-state index in [1.165, 1.54) is 103 Å². The van der Waals surface area contributed by atoms with Gasteiger partial charge in [0.25, 0.3) is 0 Å². The molecule has 0 aromatic heterocycles. The molecule has 0 spiro atoms. The van der Waals surface area contributed by atoms with E-state index < -0.39 is 0 Å². The lowest BCUT2D eigenvalue weighted by molar-refractivity contribution is -0.126. The molecule has 204 valence electrons. The second-order valence-corrected chi connectivity index (χ2v) is 14.6. The quantitative estimate of drug-likeness (QED) is 0.328. The van der Waals surface area contributed by atoms with Crippen LogP contribution in [0.3, 0.4) is 0 Å². The van der Waals surface area contributed by atoms with Crippen molar-refractivity contribution in [2.75, 3.05) is 0 Å². The monoisotopic (exact) mass is 488 g/mol. The van der Waals surface area contributed by atoms with E-state index in [1.807, 2.05) is 0 Å². The molecule has 1 N–H and O–H groups in total. The number of hydrogen-bond acceptors (Lipinski definition) is 2. The molecule has 2 heteroatoms. The summed E-state index contributed by atoms with van der Waals surface area (Å²) in [7, 11) is 0. The lowest BCUT2D eigenvalue weighted by Gasteiger charge is -2.33. The van der Waals surface area contributed by atoms with Gasteiger partial charge < -0.3 is 5.11 Å². The van der Waals surface area contributed by atoms with Gasteiger partial charge in [0.1, 0.15) is 5.78 Å². The van der Waals surface area contributed by atoms with Crippen molar-refractivity contribution >= 4 is 5.78 Å². The molecule has 0 saturated heterocycles. The summed E-state index contributed by atoms with van der Waals surface area (Å²) in [5.41, 5.74) is 0.485. The van der Waals surface area contributed by atoms with E-state index in [1.54, 1.807) is 0 Å². The predicted molar refractivity (Wildman–Crippen MR) is 149 cm³/mol. The number of hydrogen-bond donors (Lipinski definition) is 1. The van der Waals surface area contributed by atoms with Crippen LogP contribution < -0.4 is 0 Å². The first kappa shape index (κ1) is 29.2. The SMILES string of the molecule is CC(C)(C)CCCC[C@H]1CC[C@H]2C(=O)CCC[C@H]12.CC(C)CCCC[C@H]1CC[C@@H]2[C@@H]1CCC[C@@H]2O. The Morgan fingerprint density at radius 3 is 2.14 bits per heavy atom. The van der Waals surface area contributed by atoms with Crippen LogP contribution in [0.1, 0.15) is 150 Å². The number of Topliss-reactive ketones (excluding diaryl/α,β-unsaturated/α-hetero) is 1. The normalized spacial score (nSPS) is 34.9. The van der Waals surface area contributed by atoms with Crippen molar-refractivity contribution in [1.29, 1.82) is 0 Å². The van der Waals surface area contributed by atoms with Gasteiger partial charge in [-0.05, 0) is 98.7 Å². The molecule has 0 amide bonds. The number of fused-ring (bicyclic) bond motifs is 2. The van der Waals surface area contributed by atoms with E-state index in [9.17, 15) is 9.90 Å². The Labute approximate surface area is 218 Å². The van der Waals surface area contributed by atoms with Crippen LogP contribution in [0, 0.1) is 46.8 Å². The van der Waals surface area contributed by atoms with Crippen molar-refractivity contribution in [3.8, 4) is 0 Å². The Bertz CT molecular complexity index is 617. The first-order valence-corrected chi connectivity index (χ1v) is 15.9. The maximum Gasteiger partial charge on any atom is 0.136 e. The van der Waals surface area contributed by atoms with Gasteiger partial charge in [-0.2, -0.15) is 0 Å². The Morgan fingerprint density at radius 2 is 1.43 bits per heavy atom. The Hall–Kier alpha value is -0.370. The minimum atomic E-state index is 0.0365. The fourth-order valence-electron chi connectivity index (χ4n) is 8.31. The molecule has 0 aromatic rings. The molecule has 35 heavy (non-hydrogen) atoms. The summed E-state index contributed by atoms with van der Waals surface area (Å²) in [6.07, 6.45) is 23.5. The fourth-order valence-corrected chi connectivity index (χ4v) is 8.31. The van der Waals surface area contributed by atoms with E-state index >= 15 is 0 Å². The van der Waals surface area contributed by atoms with Gasteiger partial charge >= 0.3 is 0 Å². The molecule has 4 aliphatic carbocycles. The molecule has 4 aliphatic rings. The maximum atomic E-state index is 11.9. The highest BCUT2D eigenvalue weighted by Gasteiger charge is 2.42. The van der Waals surface area contributed by atoms with Gasteiger partial charge in [-0.1, -0.05) is 86.0 Å². The molecule has 0 unspecified atom stereocenters. The van der Waals surface area contributed by atoms with Crippen LogP contribution >= 0.6 is 0 Å². The van der Waals surface area contributed by atoms with Crippen molar-refractivity contribution in [3.05, 3.63) is 0 Å². The van der Waals surface area contributed by atoms with Gasteiger partial charge in [0.15, 0.2) is 0 Å². The van der Waals surface area contributed by atoms with Gasteiger partial charge in [-0.3, -0.25) is 4.79 Å². The van der Waals surface area contributed by atoms with Crippen molar-refractivity contribution < 1.29 is 9.90 Å². The van der Waals surface area contributed by atoms with Gasteiger partial charge in [-0.15, -0.1) is 0 Å². The molecule has 4 fully saturated rings. The molecule has 7 atom stereocenters. The van der Waals surface area contributed by atoms with Crippen LogP contribution in [0.5, 0.6) is 0 Å². The van der Waals surface area contributed by atoms with Gasteiger partial charge in [0.05, 0.1) is 6.10 Å². The van der Waals surface area contributed by atoms with E-state index in [-0.39, 0.29) is 6.10 Å². The minimum Gasteiger partial charge on any atom is -0.393 e. The zero-order valence-corrected chi connectivity index (χ0v) is 24.2. The number of aliphatic hydroxyl groups is 1. The van der Waals surface area contributed by atoms with Crippen LogP contribution in [0.4, 0.5) is 0 Å². The summed E-state index contributed by atoms with van der Waals surface area (Å²) in [6, 6.07) is 0. The largest absolute Gasteiger partial charge is 0.393 e. The predicted octanol–water partition coefficient (Wildman–Crippen LogP) is 9.38. The van der Waals surface area contributed by atoms with Gasteiger partial charge in [-0.25, -0.2) is 0 Å². The Kier molecular flexibility index (Phi) is 11.6. The van der Waals surface area contributed by atoms with Crippen molar-refractivity contribution in [1.82, 2.24) is 0 Å². The third kappa shape index (κ3) is 9.15. The number of carbonyl (C=O) groups excluding carboxylic acids is 1. The molecule has 0 aromatic carbocycles. The minimum absolute atomic E-state index is 0.0365. The second kappa shape index (κ2) is 14.0. The third-order valence-corrected chi connectivity index (χ3v) is 10.3. The van der Waals surface area contributed by atoms with Gasteiger partial charge in [0.2, 0.25) is 0 Å².